The number of aromatic carboxylic acids is 1. The summed E-state index contributed by atoms with van der Waals surface area (Å²) in [5, 5.41) is 8.93. The van der Waals surface area contributed by atoms with Gasteiger partial charge < -0.3 is 5.11 Å². The maximum Gasteiger partial charge on any atom is 0.338 e. The average Bonchev–Trinajstić information content (AvgIpc) is 2.15. The van der Waals surface area contributed by atoms with Crippen LogP contribution in [0.1, 0.15) is 21.6 Å². The van der Waals surface area contributed by atoms with Gasteiger partial charge in [-0.05, 0) is 12.0 Å². The standard InChI is InChI=1S/C9H8ClNO4S/c10-8-5-1-2-16(14,15)4-7(5)11-3-6(8)9(12)13/h3H,1-2,4H2,(H,12,13). The zero-order chi connectivity index (χ0) is 11.9. The van der Waals surface area contributed by atoms with E-state index in [9.17, 15) is 13.2 Å². The first kappa shape index (κ1) is 11.3. The molecule has 0 radical (unpaired) electrons. The van der Waals surface area contributed by atoms with Gasteiger partial charge in [0.1, 0.15) is 0 Å². The number of hydrogen-bond donors (Lipinski definition) is 1. The number of aromatic nitrogens is 1. The monoisotopic (exact) mass is 261 g/mol. The molecule has 0 unspecified atom stereocenters. The molecule has 1 aliphatic rings. The highest BCUT2D eigenvalue weighted by Crippen LogP contribution is 2.28. The lowest BCUT2D eigenvalue weighted by Crippen LogP contribution is -2.21. The molecular formula is C9H8ClNO4S. The first-order valence-corrected chi connectivity index (χ1v) is 6.70. The third kappa shape index (κ3) is 1.90. The summed E-state index contributed by atoms with van der Waals surface area (Å²) in [5.41, 5.74) is 0.817. The van der Waals surface area contributed by atoms with Gasteiger partial charge in [0.25, 0.3) is 0 Å². The van der Waals surface area contributed by atoms with Crippen molar-refractivity contribution in [1.29, 1.82) is 0 Å². The van der Waals surface area contributed by atoms with Crippen LogP contribution in [0.4, 0.5) is 0 Å². The highest BCUT2D eigenvalue weighted by Gasteiger charge is 2.26. The Morgan fingerprint density at radius 2 is 2.19 bits per heavy atom. The molecule has 0 saturated carbocycles. The minimum Gasteiger partial charge on any atom is -0.478 e. The van der Waals surface area contributed by atoms with Crippen molar-refractivity contribution in [2.24, 2.45) is 0 Å². The number of fused-ring (bicyclic) bond motifs is 1. The van der Waals surface area contributed by atoms with Crippen molar-refractivity contribution in [2.75, 3.05) is 5.75 Å². The minimum atomic E-state index is -3.11. The van der Waals surface area contributed by atoms with Crippen LogP contribution in [0.2, 0.25) is 5.02 Å². The first-order valence-electron chi connectivity index (χ1n) is 4.50. The molecule has 86 valence electrons. The molecule has 0 fully saturated rings. The smallest absolute Gasteiger partial charge is 0.338 e. The number of sulfone groups is 1. The predicted octanol–water partition coefficient (Wildman–Crippen LogP) is 0.904. The molecule has 0 aliphatic carbocycles. The van der Waals surface area contributed by atoms with Crippen LogP contribution in [0.25, 0.3) is 0 Å². The summed E-state index contributed by atoms with van der Waals surface area (Å²) in [6.07, 6.45) is 1.33. The van der Waals surface area contributed by atoms with Gasteiger partial charge in [0.05, 0.1) is 27.8 Å². The van der Waals surface area contributed by atoms with Crippen LogP contribution in [-0.4, -0.2) is 30.2 Å². The Morgan fingerprint density at radius 3 is 2.81 bits per heavy atom. The van der Waals surface area contributed by atoms with Crippen molar-refractivity contribution in [1.82, 2.24) is 4.98 Å². The molecule has 2 heterocycles. The molecule has 0 atom stereocenters. The van der Waals surface area contributed by atoms with Crippen molar-refractivity contribution in [3.63, 3.8) is 0 Å². The van der Waals surface area contributed by atoms with E-state index in [1.54, 1.807) is 0 Å². The first-order chi connectivity index (χ1) is 7.41. The van der Waals surface area contributed by atoms with Gasteiger partial charge in [0.15, 0.2) is 9.84 Å². The largest absolute Gasteiger partial charge is 0.478 e. The van der Waals surface area contributed by atoms with E-state index in [1.165, 1.54) is 0 Å². The van der Waals surface area contributed by atoms with E-state index in [2.05, 4.69) is 4.98 Å². The van der Waals surface area contributed by atoms with Crippen LogP contribution in [0.5, 0.6) is 0 Å². The zero-order valence-electron chi connectivity index (χ0n) is 8.10. The Labute approximate surface area is 97.0 Å². The van der Waals surface area contributed by atoms with Gasteiger partial charge in [0.2, 0.25) is 0 Å². The Morgan fingerprint density at radius 1 is 1.50 bits per heavy atom. The number of hydrogen-bond acceptors (Lipinski definition) is 4. The van der Waals surface area contributed by atoms with Crippen molar-refractivity contribution in [2.45, 2.75) is 12.2 Å². The summed E-state index contributed by atoms with van der Waals surface area (Å²) in [6, 6.07) is 0. The summed E-state index contributed by atoms with van der Waals surface area (Å²) in [4.78, 5) is 14.6. The van der Waals surface area contributed by atoms with Gasteiger partial charge >= 0.3 is 5.97 Å². The predicted molar refractivity (Wildman–Crippen MR) is 57.4 cm³/mol. The third-order valence-electron chi connectivity index (χ3n) is 2.45. The SMILES string of the molecule is O=C(O)c1cnc2c(c1Cl)CCS(=O)(=O)C2. The van der Waals surface area contributed by atoms with Gasteiger partial charge in [0, 0.05) is 6.20 Å². The van der Waals surface area contributed by atoms with Crippen LogP contribution >= 0.6 is 11.6 Å². The van der Waals surface area contributed by atoms with Gasteiger partial charge in [-0.3, -0.25) is 4.98 Å². The number of carboxylic acids is 1. The van der Waals surface area contributed by atoms with Gasteiger partial charge in [-0.15, -0.1) is 0 Å². The fraction of sp³-hybridized carbons (Fsp3) is 0.333. The molecule has 0 aromatic carbocycles. The lowest BCUT2D eigenvalue weighted by Gasteiger charge is -2.17. The van der Waals surface area contributed by atoms with E-state index < -0.39 is 15.8 Å². The molecule has 1 N–H and O–H groups in total. The molecule has 1 aromatic rings. The van der Waals surface area contributed by atoms with Crippen molar-refractivity contribution in [3.05, 3.63) is 28.0 Å². The van der Waals surface area contributed by atoms with Crippen molar-refractivity contribution in [3.8, 4) is 0 Å². The van der Waals surface area contributed by atoms with E-state index in [4.69, 9.17) is 16.7 Å². The summed E-state index contributed by atoms with van der Waals surface area (Å²) in [6.45, 7) is 0. The number of nitrogens with zero attached hydrogens (tertiary/aromatic N) is 1. The molecule has 1 aliphatic heterocycles. The summed E-state index contributed by atoms with van der Waals surface area (Å²) in [7, 11) is -3.11. The van der Waals surface area contributed by atoms with E-state index in [1.807, 2.05) is 0 Å². The number of carboxylic acid groups (broad SMARTS) is 1. The molecule has 2 rings (SSSR count). The highest BCUT2D eigenvalue weighted by atomic mass is 35.5. The Kier molecular flexibility index (Phi) is 2.63. The second-order valence-electron chi connectivity index (χ2n) is 3.56. The lowest BCUT2D eigenvalue weighted by molar-refractivity contribution is 0.0696. The normalized spacial score (nSPS) is 17.8. The van der Waals surface area contributed by atoms with Crippen LogP contribution in [-0.2, 0) is 22.0 Å². The number of halogens is 1. The molecule has 0 saturated heterocycles. The number of carbonyl (C=O) groups is 1. The van der Waals surface area contributed by atoms with E-state index >= 15 is 0 Å². The van der Waals surface area contributed by atoms with E-state index in [0.717, 1.165) is 6.20 Å². The summed E-state index contributed by atoms with van der Waals surface area (Å²) < 4.78 is 22.7. The van der Waals surface area contributed by atoms with E-state index in [0.29, 0.717) is 11.3 Å². The Hall–Kier alpha value is -1.14. The second kappa shape index (κ2) is 3.71. The fourth-order valence-electron chi connectivity index (χ4n) is 1.63. The average molecular weight is 262 g/mol. The molecule has 5 nitrogen and oxygen atoms in total. The van der Waals surface area contributed by atoms with Crippen molar-refractivity contribution < 1.29 is 18.3 Å². The number of pyridine rings is 1. The molecule has 16 heavy (non-hydrogen) atoms. The topological polar surface area (TPSA) is 84.3 Å². The molecule has 0 bridgehead atoms. The van der Waals surface area contributed by atoms with Crippen LogP contribution < -0.4 is 0 Å². The summed E-state index contributed by atoms with van der Waals surface area (Å²) >= 11 is 5.90. The Bertz CT molecular complexity index is 567. The lowest BCUT2D eigenvalue weighted by atomic mass is 10.1. The summed E-state index contributed by atoms with van der Waals surface area (Å²) in [5.74, 6) is -1.33. The zero-order valence-corrected chi connectivity index (χ0v) is 9.68. The molecular weight excluding hydrogens is 254 g/mol. The highest BCUT2D eigenvalue weighted by molar-refractivity contribution is 7.90. The van der Waals surface area contributed by atoms with Crippen LogP contribution in [0.3, 0.4) is 0 Å². The van der Waals surface area contributed by atoms with Crippen molar-refractivity contribution >= 4 is 27.4 Å². The molecule has 1 aromatic heterocycles. The molecule has 0 spiro atoms. The maximum atomic E-state index is 11.3. The van der Waals surface area contributed by atoms with Gasteiger partial charge in [-0.1, -0.05) is 11.6 Å². The van der Waals surface area contributed by atoms with Crippen LogP contribution in [0.15, 0.2) is 6.20 Å². The molecule has 0 amide bonds. The molecule has 7 heteroatoms. The third-order valence-corrected chi connectivity index (χ3v) is 4.42. The maximum absolute atomic E-state index is 11.3. The van der Waals surface area contributed by atoms with Gasteiger partial charge in [-0.25, -0.2) is 13.2 Å². The van der Waals surface area contributed by atoms with Gasteiger partial charge in [-0.2, -0.15) is 0 Å². The quantitative estimate of drug-likeness (QED) is 0.812. The van der Waals surface area contributed by atoms with E-state index in [-0.39, 0.29) is 28.5 Å². The fourth-order valence-corrected chi connectivity index (χ4v) is 3.29. The minimum absolute atomic E-state index is 0.00945. The van der Waals surface area contributed by atoms with Crippen LogP contribution in [0, 0.1) is 0 Å². The Balaban J connectivity index is 2.57. The second-order valence-corrected chi connectivity index (χ2v) is 6.12. The number of rotatable bonds is 1.